The molecule has 0 saturated heterocycles. The monoisotopic (exact) mass is 307 g/mol. The van der Waals surface area contributed by atoms with Gasteiger partial charge in [0.25, 0.3) is 0 Å². The average molecular weight is 308 g/mol. The van der Waals surface area contributed by atoms with Crippen LogP contribution in [0.15, 0.2) is 0 Å². The third-order valence-electron chi connectivity index (χ3n) is 3.09. The van der Waals surface area contributed by atoms with Crippen LogP contribution in [-0.2, 0) is 10.0 Å². The van der Waals surface area contributed by atoms with Gasteiger partial charge in [0.05, 0.1) is 5.75 Å². The van der Waals surface area contributed by atoms with E-state index in [0.29, 0.717) is 12.5 Å². The van der Waals surface area contributed by atoms with E-state index in [1.54, 1.807) is 0 Å². The molecule has 5 nitrogen and oxygen atoms in total. The molecular weight excluding hydrogens is 274 g/mol. The van der Waals surface area contributed by atoms with Crippen LogP contribution in [0.2, 0.25) is 0 Å². The summed E-state index contributed by atoms with van der Waals surface area (Å²) in [5.41, 5.74) is 0. The number of nitrogens with one attached hydrogen (secondary N) is 2. The van der Waals surface area contributed by atoms with Gasteiger partial charge >= 0.3 is 0 Å². The molecule has 2 N–H and O–H groups in total. The predicted octanol–water partition coefficient (Wildman–Crippen LogP) is 1.27. The van der Waals surface area contributed by atoms with Crippen LogP contribution in [-0.4, -0.2) is 58.3 Å². The van der Waals surface area contributed by atoms with Crippen molar-refractivity contribution in [2.24, 2.45) is 5.92 Å². The average Bonchev–Trinajstić information content (AvgIpc) is 2.25. The van der Waals surface area contributed by atoms with Crippen LogP contribution in [0.4, 0.5) is 0 Å². The normalized spacial score (nSPS) is 14.4. The molecule has 0 radical (unpaired) electrons. The summed E-state index contributed by atoms with van der Waals surface area (Å²) in [5.74, 6) is 0.499. The van der Waals surface area contributed by atoms with Gasteiger partial charge in [0.2, 0.25) is 10.0 Å². The lowest BCUT2D eigenvalue weighted by Crippen LogP contribution is -2.45. The second-order valence-electron chi connectivity index (χ2n) is 6.37. The van der Waals surface area contributed by atoms with Crippen molar-refractivity contribution in [2.45, 2.75) is 52.6 Å². The predicted molar refractivity (Wildman–Crippen MR) is 86.5 cm³/mol. The molecule has 20 heavy (non-hydrogen) atoms. The summed E-state index contributed by atoms with van der Waals surface area (Å²) in [6.07, 6.45) is 1.58. The largest absolute Gasteiger partial charge is 0.315 e. The van der Waals surface area contributed by atoms with Gasteiger partial charge in [-0.3, -0.25) is 0 Å². The maximum Gasteiger partial charge on any atom is 0.211 e. The molecule has 6 heteroatoms. The molecule has 0 fully saturated rings. The molecule has 0 aliphatic heterocycles. The Balaban J connectivity index is 4.14. The first-order valence-corrected chi connectivity index (χ1v) is 9.17. The minimum Gasteiger partial charge on any atom is -0.315 e. The molecule has 0 spiro atoms. The fourth-order valence-corrected chi connectivity index (χ4v) is 3.38. The van der Waals surface area contributed by atoms with Gasteiger partial charge in [-0.2, -0.15) is 0 Å². The molecule has 1 unspecified atom stereocenters. The van der Waals surface area contributed by atoms with Gasteiger partial charge in [-0.1, -0.05) is 27.7 Å². The first-order valence-electron chi connectivity index (χ1n) is 7.52. The van der Waals surface area contributed by atoms with Gasteiger partial charge in [-0.25, -0.2) is 13.1 Å². The van der Waals surface area contributed by atoms with Crippen molar-refractivity contribution >= 4 is 10.0 Å². The van der Waals surface area contributed by atoms with Crippen LogP contribution in [0.5, 0.6) is 0 Å². The number of hydrogen-bond donors (Lipinski definition) is 2. The van der Waals surface area contributed by atoms with Gasteiger partial charge in [-0.15, -0.1) is 0 Å². The van der Waals surface area contributed by atoms with Crippen molar-refractivity contribution in [3.05, 3.63) is 0 Å². The van der Waals surface area contributed by atoms with E-state index >= 15 is 0 Å². The smallest absolute Gasteiger partial charge is 0.211 e. The van der Waals surface area contributed by atoms with Gasteiger partial charge in [0.1, 0.15) is 0 Å². The summed E-state index contributed by atoms with van der Waals surface area (Å²) < 4.78 is 27.0. The molecule has 0 aromatic rings. The number of sulfonamides is 1. The minimum atomic E-state index is -3.18. The molecule has 0 aromatic heterocycles. The second kappa shape index (κ2) is 9.71. The van der Waals surface area contributed by atoms with Crippen LogP contribution < -0.4 is 10.0 Å². The summed E-state index contributed by atoms with van der Waals surface area (Å²) in [6.45, 7) is 9.87. The fourth-order valence-electron chi connectivity index (χ4n) is 1.87. The number of nitrogens with zero attached hydrogens (tertiary/aromatic N) is 1. The third kappa shape index (κ3) is 10.6. The molecule has 0 aliphatic carbocycles. The molecule has 0 heterocycles. The molecule has 0 aliphatic rings. The zero-order valence-electron chi connectivity index (χ0n) is 13.9. The van der Waals surface area contributed by atoms with E-state index < -0.39 is 10.0 Å². The van der Waals surface area contributed by atoms with E-state index in [1.165, 1.54) is 0 Å². The van der Waals surface area contributed by atoms with Gasteiger partial charge in [-0.05, 0) is 39.4 Å². The quantitative estimate of drug-likeness (QED) is 0.564. The number of hydrogen-bond acceptors (Lipinski definition) is 4. The van der Waals surface area contributed by atoms with Crippen molar-refractivity contribution in [1.29, 1.82) is 0 Å². The van der Waals surface area contributed by atoms with Crippen molar-refractivity contribution in [3.8, 4) is 0 Å². The zero-order valence-corrected chi connectivity index (χ0v) is 14.8. The third-order valence-corrected chi connectivity index (χ3v) is 4.58. The molecular formula is C14H33N3O2S. The maximum absolute atomic E-state index is 12.1. The van der Waals surface area contributed by atoms with Crippen molar-refractivity contribution in [1.82, 2.24) is 14.9 Å². The van der Waals surface area contributed by atoms with Crippen LogP contribution >= 0.6 is 0 Å². The number of unbranched alkanes of at least 4 members (excludes halogenated alkanes) is 1. The van der Waals surface area contributed by atoms with Crippen molar-refractivity contribution < 1.29 is 8.42 Å². The molecule has 0 bridgehead atoms. The summed E-state index contributed by atoms with van der Waals surface area (Å²) in [6, 6.07) is 0.430. The first kappa shape index (κ1) is 19.8. The fraction of sp³-hybridized carbons (Fsp3) is 1.00. The second-order valence-corrected chi connectivity index (χ2v) is 8.24. The highest BCUT2D eigenvalue weighted by atomic mass is 32.2. The van der Waals surface area contributed by atoms with E-state index in [0.717, 1.165) is 19.5 Å². The van der Waals surface area contributed by atoms with E-state index in [2.05, 4.69) is 23.9 Å². The van der Waals surface area contributed by atoms with Crippen LogP contribution in [0.1, 0.15) is 40.5 Å². The minimum absolute atomic E-state index is 0.0243. The maximum atomic E-state index is 12.1. The molecule has 122 valence electrons. The SMILES string of the molecule is CC(C)NCCCCS(=O)(=O)NC(CN(C)C)C(C)C. The van der Waals surface area contributed by atoms with Gasteiger partial charge in [0, 0.05) is 18.6 Å². The van der Waals surface area contributed by atoms with E-state index in [4.69, 9.17) is 0 Å². The summed E-state index contributed by atoms with van der Waals surface area (Å²) >= 11 is 0. The Kier molecular flexibility index (Phi) is 9.63. The standard InChI is InChI=1S/C14H33N3O2S/c1-12(2)14(11-17(5)6)16-20(18,19)10-8-7-9-15-13(3)4/h12-16H,7-11H2,1-6H3. The summed E-state index contributed by atoms with van der Waals surface area (Å²) in [4.78, 5) is 2.01. The molecule has 0 amide bonds. The Hall–Kier alpha value is -0.170. The van der Waals surface area contributed by atoms with E-state index in [9.17, 15) is 8.42 Å². The first-order chi connectivity index (χ1) is 9.14. The molecule has 0 aromatic carbocycles. The van der Waals surface area contributed by atoms with Crippen LogP contribution in [0.25, 0.3) is 0 Å². The van der Waals surface area contributed by atoms with Gasteiger partial charge < -0.3 is 10.2 Å². The Bertz CT molecular complexity index is 340. The Morgan fingerprint density at radius 2 is 1.65 bits per heavy atom. The lowest BCUT2D eigenvalue weighted by Gasteiger charge is -2.25. The topological polar surface area (TPSA) is 61.4 Å². The Labute approximate surface area is 125 Å². The number of likely N-dealkylation sites (N-methyl/N-ethyl adjacent to an activating group) is 1. The van der Waals surface area contributed by atoms with Crippen LogP contribution in [0.3, 0.4) is 0 Å². The molecule has 0 saturated carbocycles. The zero-order chi connectivity index (χ0) is 15.8. The van der Waals surface area contributed by atoms with Crippen LogP contribution in [0, 0.1) is 5.92 Å². The lowest BCUT2D eigenvalue weighted by atomic mass is 10.1. The molecule has 0 rings (SSSR count). The highest BCUT2D eigenvalue weighted by molar-refractivity contribution is 7.89. The van der Waals surface area contributed by atoms with Crippen molar-refractivity contribution in [2.75, 3.05) is 32.9 Å². The lowest BCUT2D eigenvalue weighted by molar-refractivity contribution is 0.314. The summed E-state index contributed by atoms with van der Waals surface area (Å²) in [5, 5.41) is 3.29. The van der Waals surface area contributed by atoms with E-state index in [-0.39, 0.29) is 17.7 Å². The Morgan fingerprint density at radius 3 is 2.10 bits per heavy atom. The van der Waals surface area contributed by atoms with Crippen molar-refractivity contribution in [3.63, 3.8) is 0 Å². The molecule has 1 atom stereocenters. The highest BCUT2D eigenvalue weighted by Crippen LogP contribution is 2.06. The Morgan fingerprint density at radius 1 is 1.05 bits per heavy atom. The van der Waals surface area contributed by atoms with Gasteiger partial charge in [0.15, 0.2) is 0 Å². The number of rotatable bonds is 11. The summed E-state index contributed by atoms with van der Waals surface area (Å²) in [7, 11) is 0.743. The highest BCUT2D eigenvalue weighted by Gasteiger charge is 2.20. The van der Waals surface area contributed by atoms with E-state index in [1.807, 2.05) is 32.8 Å².